The van der Waals surface area contributed by atoms with Crippen molar-refractivity contribution in [3.63, 3.8) is 0 Å². The van der Waals surface area contributed by atoms with Gasteiger partial charge in [0.15, 0.2) is 0 Å². The highest BCUT2D eigenvalue weighted by molar-refractivity contribution is 6.46. The predicted octanol–water partition coefficient (Wildman–Crippen LogP) is 4.84. The summed E-state index contributed by atoms with van der Waals surface area (Å²) in [5.74, 6) is -0.731. The van der Waals surface area contributed by atoms with Crippen molar-refractivity contribution in [1.29, 1.82) is 0 Å². The summed E-state index contributed by atoms with van der Waals surface area (Å²) in [6.07, 6.45) is 1.66. The van der Waals surface area contributed by atoms with E-state index < -0.39 is 17.7 Å². The molecule has 0 aliphatic carbocycles. The maximum absolute atomic E-state index is 13.3. The smallest absolute Gasteiger partial charge is 0.295 e. The number of ether oxygens (including phenoxy) is 2. The Balaban J connectivity index is 1.79. The fourth-order valence-electron chi connectivity index (χ4n) is 5.15. The van der Waals surface area contributed by atoms with Gasteiger partial charge < -0.3 is 24.4 Å². The third-order valence-corrected chi connectivity index (χ3v) is 7.05. The van der Waals surface area contributed by atoms with Gasteiger partial charge in [-0.15, -0.1) is 0 Å². The van der Waals surface area contributed by atoms with Gasteiger partial charge in [0.05, 0.1) is 24.3 Å². The maximum Gasteiger partial charge on any atom is 0.295 e. The van der Waals surface area contributed by atoms with Crippen molar-refractivity contribution >= 4 is 23.1 Å². The van der Waals surface area contributed by atoms with Crippen LogP contribution in [0.15, 0.2) is 48.0 Å². The van der Waals surface area contributed by atoms with Gasteiger partial charge in [-0.2, -0.15) is 0 Å². The van der Waals surface area contributed by atoms with Crippen molar-refractivity contribution in [2.24, 2.45) is 0 Å². The number of likely N-dealkylation sites (tertiary alicyclic amines) is 1. The predicted molar refractivity (Wildman–Crippen MR) is 140 cm³/mol. The molecule has 2 aromatic carbocycles. The van der Waals surface area contributed by atoms with Gasteiger partial charge in [0.25, 0.3) is 11.7 Å². The van der Waals surface area contributed by atoms with Crippen molar-refractivity contribution in [3.05, 3.63) is 64.7 Å². The van der Waals surface area contributed by atoms with Crippen LogP contribution in [0.5, 0.6) is 5.75 Å². The molecule has 2 heterocycles. The summed E-state index contributed by atoms with van der Waals surface area (Å²) < 4.78 is 11.4. The quantitative estimate of drug-likeness (QED) is 0.307. The molecule has 4 rings (SSSR count). The van der Waals surface area contributed by atoms with E-state index in [2.05, 4.69) is 18.7 Å². The van der Waals surface area contributed by atoms with Crippen LogP contribution in [0.2, 0.25) is 0 Å². The van der Waals surface area contributed by atoms with Gasteiger partial charge in [-0.3, -0.25) is 9.59 Å². The van der Waals surface area contributed by atoms with Crippen molar-refractivity contribution < 1.29 is 24.2 Å². The molecule has 1 amide bonds. The SMILES string of the molecule is CCOc1ccc(/C(O)=C2/C(=O)C(=O)N(CC3CCCO3)C2c2ccc(N(CC)CC)cc2)cc1C. The highest BCUT2D eigenvalue weighted by Gasteiger charge is 2.47. The summed E-state index contributed by atoms with van der Waals surface area (Å²) in [6, 6.07) is 12.5. The summed E-state index contributed by atoms with van der Waals surface area (Å²) >= 11 is 0. The minimum Gasteiger partial charge on any atom is -0.507 e. The molecule has 0 bridgehead atoms. The van der Waals surface area contributed by atoms with Crippen LogP contribution in [0.4, 0.5) is 5.69 Å². The number of hydrogen-bond acceptors (Lipinski definition) is 6. The number of carbonyl (C=O) groups excluding carboxylic acids is 2. The highest BCUT2D eigenvalue weighted by Crippen LogP contribution is 2.41. The van der Waals surface area contributed by atoms with E-state index in [1.54, 1.807) is 23.1 Å². The monoisotopic (exact) mass is 492 g/mol. The van der Waals surface area contributed by atoms with E-state index in [4.69, 9.17) is 9.47 Å². The number of anilines is 1. The Hall–Kier alpha value is -3.32. The van der Waals surface area contributed by atoms with Crippen LogP contribution in [-0.4, -0.2) is 60.6 Å². The number of aryl methyl sites for hydroxylation is 1. The van der Waals surface area contributed by atoms with Gasteiger partial charge in [0.2, 0.25) is 0 Å². The second-order valence-corrected chi connectivity index (χ2v) is 9.26. The lowest BCUT2D eigenvalue weighted by molar-refractivity contribution is -0.140. The van der Waals surface area contributed by atoms with E-state index in [0.29, 0.717) is 25.3 Å². The Morgan fingerprint density at radius 3 is 2.42 bits per heavy atom. The minimum absolute atomic E-state index is 0.108. The van der Waals surface area contributed by atoms with E-state index in [9.17, 15) is 14.7 Å². The second kappa shape index (κ2) is 11.2. The van der Waals surface area contributed by atoms with Gasteiger partial charge in [-0.05, 0) is 82.0 Å². The van der Waals surface area contributed by atoms with Crippen molar-refractivity contribution in [2.45, 2.75) is 52.7 Å². The molecule has 2 atom stereocenters. The molecule has 7 nitrogen and oxygen atoms in total. The zero-order valence-corrected chi connectivity index (χ0v) is 21.6. The summed E-state index contributed by atoms with van der Waals surface area (Å²) in [6.45, 7) is 11.3. The second-order valence-electron chi connectivity index (χ2n) is 9.26. The molecule has 7 heteroatoms. The molecule has 2 fully saturated rings. The molecule has 2 unspecified atom stereocenters. The van der Waals surface area contributed by atoms with Gasteiger partial charge >= 0.3 is 0 Å². The molecule has 0 spiro atoms. The number of benzene rings is 2. The van der Waals surface area contributed by atoms with Crippen LogP contribution in [0.3, 0.4) is 0 Å². The standard InChI is InChI=1S/C29H36N2O5/c1-5-30(6-2)22-13-10-20(11-14-22)26-25(27(32)21-12-15-24(35-7-3)19(4)17-21)28(33)29(34)31(26)18-23-9-8-16-36-23/h10-15,17,23,26,32H,5-9,16,18H2,1-4H3/b27-25-. The summed E-state index contributed by atoms with van der Waals surface area (Å²) in [5, 5.41) is 11.4. The lowest BCUT2D eigenvalue weighted by Gasteiger charge is -2.28. The topological polar surface area (TPSA) is 79.3 Å². The first-order valence-corrected chi connectivity index (χ1v) is 12.9. The number of Topliss-reactive ketones (excluding diaryl/α,β-unsaturated/α-hetero) is 1. The fourth-order valence-corrected chi connectivity index (χ4v) is 5.15. The molecule has 0 radical (unpaired) electrons. The van der Waals surface area contributed by atoms with Crippen molar-refractivity contribution in [1.82, 2.24) is 4.90 Å². The van der Waals surface area contributed by atoms with E-state index in [-0.39, 0.29) is 17.4 Å². The van der Waals surface area contributed by atoms with Crippen LogP contribution in [0, 0.1) is 6.92 Å². The summed E-state index contributed by atoms with van der Waals surface area (Å²) in [7, 11) is 0. The first-order chi connectivity index (χ1) is 17.4. The lowest BCUT2D eigenvalue weighted by atomic mass is 9.94. The fraction of sp³-hybridized carbons (Fsp3) is 0.448. The Kier molecular flexibility index (Phi) is 7.99. The highest BCUT2D eigenvalue weighted by atomic mass is 16.5. The number of hydrogen-bond donors (Lipinski definition) is 1. The van der Waals surface area contributed by atoms with Crippen molar-refractivity contribution in [3.8, 4) is 5.75 Å². The number of aliphatic hydroxyl groups excluding tert-OH is 1. The molecule has 0 aromatic heterocycles. The number of amides is 1. The van der Waals surface area contributed by atoms with Crippen LogP contribution in [0.1, 0.15) is 56.3 Å². The number of carbonyl (C=O) groups is 2. The molecule has 1 N–H and O–H groups in total. The number of aliphatic hydroxyl groups is 1. The maximum atomic E-state index is 13.3. The van der Waals surface area contributed by atoms with Crippen LogP contribution >= 0.6 is 0 Å². The molecule has 2 saturated heterocycles. The lowest BCUT2D eigenvalue weighted by Crippen LogP contribution is -2.36. The molecule has 0 saturated carbocycles. The normalized spacial score (nSPS) is 21.3. The van der Waals surface area contributed by atoms with Gasteiger partial charge in [0.1, 0.15) is 11.5 Å². The Labute approximate surface area is 213 Å². The van der Waals surface area contributed by atoms with E-state index in [1.165, 1.54) is 0 Å². The van der Waals surface area contributed by atoms with Crippen LogP contribution < -0.4 is 9.64 Å². The van der Waals surface area contributed by atoms with Crippen LogP contribution in [0.25, 0.3) is 5.76 Å². The zero-order chi connectivity index (χ0) is 25.8. The minimum atomic E-state index is -0.688. The molecule has 2 aliphatic rings. The van der Waals surface area contributed by atoms with E-state index >= 15 is 0 Å². The first-order valence-electron chi connectivity index (χ1n) is 12.9. The Bertz CT molecular complexity index is 1130. The Morgan fingerprint density at radius 1 is 1.11 bits per heavy atom. The molecule has 2 aromatic rings. The van der Waals surface area contributed by atoms with Gasteiger partial charge in [-0.25, -0.2) is 0 Å². The van der Waals surface area contributed by atoms with E-state index in [1.807, 2.05) is 38.1 Å². The molecule has 192 valence electrons. The van der Waals surface area contributed by atoms with Crippen LogP contribution in [-0.2, 0) is 14.3 Å². The first kappa shape index (κ1) is 25.8. The van der Waals surface area contributed by atoms with E-state index in [0.717, 1.165) is 48.5 Å². The summed E-state index contributed by atoms with van der Waals surface area (Å²) in [5.41, 5.74) is 3.29. The average Bonchev–Trinajstić information content (AvgIpc) is 3.48. The molecular weight excluding hydrogens is 456 g/mol. The number of rotatable bonds is 9. The molecule has 36 heavy (non-hydrogen) atoms. The molecular formula is C29H36N2O5. The third kappa shape index (κ3) is 4.98. The van der Waals surface area contributed by atoms with Crippen molar-refractivity contribution in [2.75, 3.05) is 37.7 Å². The summed E-state index contributed by atoms with van der Waals surface area (Å²) in [4.78, 5) is 30.4. The largest absolute Gasteiger partial charge is 0.507 e. The Morgan fingerprint density at radius 2 is 1.83 bits per heavy atom. The number of ketones is 1. The number of nitrogens with zero attached hydrogens (tertiary/aromatic N) is 2. The third-order valence-electron chi connectivity index (χ3n) is 7.05. The zero-order valence-electron chi connectivity index (χ0n) is 21.6. The average molecular weight is 493 g/mol. The van der Waals surface area contributed by atoms with Gasteiger partial charge in [-0.1, -0.05) is 12.1 Å². The molecule has 2 aliphatic heterocycles. The van der Waals surface area contributed by atoms with Gasteiger partial charge in [0, 0.05) is 37.5 Å².